The Kier molecular flexibility index (Phi) is 7.69. The van der Waals surface area contributed by atoms with E-state index >= 15 is 0 Å². The predicted octanol–water partition coefficient (Wildman–Crippen LogP) is 2.21. The summed E-state index contributed by atoms with van der Waals surface area (Å²) in [6.07, 6.45) is 2.56. The SMILES string of the molecule is CCOc1ccc(S(=O)(=O)NC(=O)CC2CCCN2C)cc1-c1nc2c(CC(C)C)nn(C)c2c(=O)[nH]1. The fraction of sp³-hybridized carbons (Fsp3) is 0.520. The van der Waals surface area contributed by atoms with Crippen LogP contribution in [0.25, 0.3) is 22.4 Å². The molecule has 11 nitrogen and oxygen atoms in total. The Morgan fingerprint density at radius 2 is 2.05 bits per heavy atom. The minimum atomic E-state index is -4.16. The summed E-state index contributed by atoms with van der Waals surface area (Å²) in [4.78, 5) is 34.9. The number of hydrogen-bond donors (Lipinski definition) is 2. The number of rotatable bonds is 9. The van der Waals surface area contributed by atoms with Gasteiger partial charge in [-0.15, -0.1) is 0 Å². The standard InChI is InChI=1S/C25H34N6O5S/c1-6-36-20-10-9-17(37(34,35)29-21(32)13-16-8-7-11-30(16)4)14-18(20)24-26-22-19(12-15(2)3)28-31(5)23(22)25(33)27-24/h9-10,14-16H,6-8,11-13H2,1-5H3,(H,29,32)(H,26,27,33). The Labute approximate surface area is 216 Å². The van der Waals surface area contributed by atoms with Crippen molar-refractivity contribution in [1.29, 1.82) is 0 Å². The van der Waals surface area contributed by atoms with Crippen LogP contribution in [0.4, 0.5) is 0 Å². The predicted molar refractivity (Wildman–Crippen MR) is 140 cm³/mol. The third-order valence-corrected chi connectivity index (χ3v) is 7.89. The molecule has 1 atom stereocenters. The Morgan fingerprint density at radius 1 is 1.30 bits per heavy atom. The van der Waals surface area contributed by atoms with Crippen molar-refractivity contribution in [1.82, 2.24) is 29.4 Å². The summed E-state index contributed by atoms with van der Waals surface area (Å²) in [6.45, 7) is 7.11. The van der Waals surface area contributed by atoms with E-state index in [9.17, 15) is 18.0 Å². The average Bonchev–Trinajstić information content (AvgIpc) is 3.35. The number of nitrogens with one attached hydrogen (secondary N) is 2. The van der Waals surface area contributed by atoms with Gasteiger partial charge in [0.1, 0.15) is 17.1 Å². The summed E-state index contributed by atoms with van der Waals surface area (Å²) in [5.74, 6) is 0.255. The average molecular weight is 531 g/mol. The van der Waals surface area contributed by atoms with Crippen LogP contribution in [0.1, 0.15) is 45.7 Å². The molecule has 1 unspecified atom stereocenters. The maximum Gasteiger partial charge on any atom is 0.277 e. The molecule has 2 N–H and O–H groups in total. The van der Waals surface area contributed by atoms with E-state index in [-0.39, 0.29) is 23.2 Å². The van der Waals surface area contributed by atoms with Crippen LogP contribution in [-0.4, -0.2) is 65.2 Å². The van der Waals surface area contributed by atoms with E-state index in [0.717, 1.165) is 19.4 Å². The Hall–Kier alpha value is -3.25. The molecule has 1 amide bonds. The van der Waals surface area contributed by atoms with Gasteiger partial charge in [-0.1, -0.05) is 13.8 Å². The van der Waals surface area contributed by atoms with E-state index in [0.29, 0.717) is 47.0 Å². The van der Waals surface area contributed by atoms with Crippen LogP contribution in [0, 0.1) is 5.92 Å². The number of carbonyl (C=O) groups is 1. The number of aromatic amines is 1. The topological polar surface area (TPSA) is 139 Å². The fourth-order valence-corrected chi connectivity index (χ4v) is 5.76. The Morgan fingerprint density at radius 3 is 2.70 bits per heavy atom. The van der Waals surface area contributed by atoms with E-state index in [1.54, 1.807) is 14.0 Å². The molecule has 4 rings (SSSR count). The first-order valence-electron chi connectivity index (χ1n) is 12.5. The molecule has 0 aliphatic carbocycles. The number of nitrogens with zero attached hydrogens (tertiary/aromatic N) is 4. The first-order chi connectivity index (χ1) is 17.5. The molecule has 0 spiro atoms. The molecule has 0 bridgehead atoms. The van der Waals surface area contributed by atoms with Gasteiger partial charge in [-0.2, -0.15) is 5.10 Å². The quantitative estimate of drug-likeness (QED) is 0.429. The molecule has 1 fully saturated rings. The van der Waals surface area contributed by atoms with Crippen LogP contribution >= 0.6 is 0 Å². The van der Waals surface area contributed by atoms with Gasteiger partial charge in [-0.05, 0) is 63.9 Å². The highest BCUT2D eigenvalue weighted by Gasteiger charge is 2.27. The van der Waals surface area contributed by atoms with Crippen molar-refractivity contribution in [2.75, 3.05) is 20.2 Å². The van der Waals surface area contributed by atoms with Gasteiger partial charge in [-0.25, -0.2) is 18.1 Å². The molecule has 37 heavy (non-hydrogen) atoms. The van der Waals surface area contributed by atoms with Crippen LogP contribution < -0.4 is 15.0 Å². The van der Waals surface area contributed by atoms with Gasteiger partial charge in [0.15, 0.2) is 5.52 Å². The third-order valence-electron chi connectivity index (χ3n) is 6.52. The molecule has 0 radical (unpaired) electrons. The molecule has 3 aromatic rings. The highest BCUT2D eigenvalue weighted by atomic mass is 32.2. The van der Waals surface area contributed by atoms with Crippen molar-refractivity contribution < 1.29 is 17.9 Å². The van der Waals surface area contributed by atoms with Crippen LogP contribution in [0.15, 0.2) is 27.9 Å². The van der Waals surface area contributed by atoms with E-state index in [1.807, 2.05) is 7.05 Å². The number of carbonyl (C=O) groups excluding carboxylic acids is 1. The molecule has 1 aromatic carbocycles. The number of aryl methyl sites for hydroxylation is 1. The van der Waals surface area contributed by atoms with Crippen LogP contribution in [0.3, 0.4) is 0 Å². The molecule has 1 aliphatic rings. The summed E-state index contributed by atoms with van der Waals surface area (Å²) in [5.41, 5.74) is 1.39. The lowest BCUT2D eigenvalue weighted by atomic mass is 10.1. The zero-order valence-corrected chi connectivity index (χ0v) is 22.7. The van der Waals surface area contributed by atoms with Crippen LogP contribution in [0.2, 0.25) is 0 Å². The number of fused-ring (bicyclic) bond motifs is 1. The molecular formula is C25H34N6O5S. The summed E-state index contributed by atoms with van der Waals surface area (Å²) in [6, 6.07) is 4.26. The van der Waals surface area contributed by atoms with Crippen LogP contribution in [0.5, 0.6) is 5.75 Å². The molecule has 1 aliphatic heterocycles. The zero-order chi connectivity index (χ0) is 26.9. The number of benzene rings is 1. The number of ether oxygens (including phenoxy) is 1. The third kappa shape index (κ3) is 5.69. The molecule has 2 aromatic heterocycles. The van der Waals surface area contributed by atoms with Gasteiger partial charge < -0.3 is 14.6 Å². The zero-order valence-electron chi connectivity index (χ0n) is 21.9. The van der Waals surface area contributed by atoms with Gasteiger partial charge >= 0.3 is 0 Å². The monoisotopic (exact) mass is 530 g/mol. The van der Waals surface area contributed by atoms with Crippen molar-refractivity contribution >= 4 is 27.0 Å². The fourth-order valence-electron chi connectivity index (χ4n) is 4.74. The van der Waals surface area contributed by atoms with Crippen molar-refractivity contribution in [2.45, 2.75) is 57.4 Å². The van der Waals surface area contributed by atoms with Gasteiger partial charge in [0.25, 0.3) is 15.6 Å². The van der Waals surface area contributed by atoms with E-state index in [1.165, 1.54) is 22.9 Å². The molecular weight excluding hydrogens is 496 g/mol. The van der Waals surface area contributed by atoms with E-state index in [2.05, 4.69) is 38.5 Å². The minimum Gasteiger partial charge on any atom is -0.493 e. The Bertz CT molecular complexity index is 1480. The van der Waals surface area contributed by atoms with E-state index in [4.69, 9.17) is 4.74 Å². The van der Waals surface area contributed by atoms with Gasteiger partial charge in [0.05, 0.1) is 22.8 Å². The normalized spacial score (nSPS) is 16.5. The molecule has 200 valence electrons. The minimum absolute atomic E-state index is 0.0200. The van der Waals surface area contributed by atoms with Crippen molar-refractivity contribution in [2.24, 2.45) is 13.0 Å². The molecule has 3 heterocycles. The second kappa shape index (κ2) is 10.6. The number of hydrogen-bond acceptors (Lipinski definition) is 8. The lowest BCUT2D eigenvalue weighted by Gasteiger charge is -2.18. The smallest absolute Gasteiger partial charge is 0.277 e. The maximum atomic E-state index is 13.1. The summed E-state index contributed by atoms with van der Waals surface area (Å²) < 4.78 is 35.6. The molecule has 0 saturated carbocycles. The lowest BCUT2D eigenvalue weighted by Crippen LogP contribution is -2.36. The highest BCUT2D eigenvalue weighted by molar-refractivity contribution is 7.90. The number of likely N-dealkylation sites (tertiary alicyclic amines) is 1. The van der Waals surface area contributed by atoms with E-state index < -0.39 is 21.5 Å². The number of H-pyrrole nitrogens is 1. The number of amides is 1. The summed E-state index contributed by atoms with van der Waals surface area (Å²) >= 11 is 0. The second-order valence-electron chi connectivity index (χ2n) is 9.88. The van der Waals surface area contributed by atoms with Gasteiger partial charge in [-0.3, -0.25) is 14.3 Å². The Balaban J connectivity index is 1.73. The summed E-state index contributed by atoms with van der Waals surface area (Å²) in [7, 11) is -0.547. The largest absolute Gasteiger partial charge is 0.493 e. The van der Waals surface area contributed by atoms with Gasteiger partial charge in [0.2, 0.25) is 5.91 Å². The molecule has 12 heteroatoms. The second-order valence-corrected chi connectivity index (χ2v) is 11.6. The van der Waals surface area contributed by atoms with Crippen molar-refractivity contribution in [3.63, 3.8) is 0 Å². The highest BCUT2D eigenvalue weighted by Crippen LogP contribution is 2.31. The lowest BCUT2D eigenvalue weighted by molar-refractivity contribution is -0.120. The molecule has 1 saturated heterocycles. The van der Waals surface area contributed by atoms with Crippen LogP contribution in [-0.2, 0) is 28.3 Å². The van der Waals surface area contributed by atoms with Gasteiger partial charge in [0, 0.05) is 19.5 Å². The maximum absolute atomic E-state index is 13.1. The first-order valence-corrected chi connectivity index (χ1v) is 14.0. The van der Waals surface area contributed by atoms with Crippen molar-refractivity contribution in [3.05, 3.63) is 34.2 Å². The number of sulfonamides is 1. The first kappa shape index (κ1) is 26.8. The van der Waals surface area contributed by atoms with Crippen molar-refractivity contribution in [3.8, 4) is 17.1 Å². The number of aromatic nitrogens is 4. The summed E-state index contributed by atoms with van der Waals surface area (Å²) in [5, 5.41) is 4.48.